The van der Waals surface area contributed by atoms with Crippen LogP contribution in [-0.2, 0) is 0 Å². The lowest BCUT2D eigenvalue weighted by atomic mass is 10.0. The molecule has 0 amide bonds. The number of benzene rings is 1. The molecular weight excluding hydrogens is 248 g/mol. The van der Waals surface area contributed by atoms with Crippen LogP contribution in [0.15, 0.2) is 24.5 Å². The summed E-state index contributed by atoms with van der Waals surface area (Å²) in [5.41, 5.74) is -2.27. The quantitative estimate of drug-likeness (QED) is 0.577. The maximum atomic E-state index is 13.6. The van der Waals surface area contributed by atoms with Crippen molar-refractivity contribution in [3.8, 4) is 17.2 Å². The molecule has 2 rings (SSSR count). The van der Waals surface area contributed by atoms with Crippen molar-refractivity contribution in [1.29, 1.82) is 5.26 Å². The lowest BCUT2D eigenvalue weighted by Gasteiger charge is -2.08. The molecular formula is C12H4F4N2. The van der Waals surface area contributed by atoms with Crippen LogP contribution in [0.4, 0.5) is 17.6 Å². The zero-order valence-electron chi connectivity index (χ0n) is 8.72. The van der Waals surface area contributed by atoms with Gasteiger partial charge in [0.05, 0.1) is 5.56 Å². The van der Waals surface area contributed by atoms with Crippen LogP contribution in [0.2, 0.25) is 0 Å². The number of rotatable bonds is 1. The maximum absolute atomic E-state index is 13.6. The van der Waals surface area contributed by atoms with Gasteiger partial charge in [-0.3, -0.25) is 4.98 Å². The summed E-state index contributed by atoms with van der Waals surface area (Å²) in [4.78, 5) is 3.60. The van der Waals surface area contributed by atoms with E-state index in [0.29, 0.717) is 0 Å². The van der Waals surface area contributed by atoms with Crippen LogP contribution in [-0.4, -0.2) is 4.98 Å². The van der Waals surface area contributed by atoms with Crippen molar-refractivity contribution in [3.05, 3.63) is 53.4 Å². The molecule has 0 atom stereocenters. The summed E-state index contributed by atoms with van der Waals surface area (Å²) in [5, 5.41) is 8.43. The van der Waals surface area contributed by atoms with Crippen molar-refractivity contribution in [3.63, 3.8) is 0 Å². The Morgan fingerprint density at radius 3 is 2.06 bits per heavy atom. The zero-order valence-corrected chi connectivity index (χ0v) is 8.72. The Morgan fingerprint density at radius 2 is 1.61 bits per heavy atom. The lowest BCUT2D eigenvalue weighted by molar-refractivity contribution is 0.454. The minimum Gasteiger partial charge on any atom is -0.264 e. The van der Waals surface area contributed by atoms with Crippen molar-refractivity contribution in [2.75, 3.05) is 0 Å². The SMILES string of the molecule is N#Cc1c(F)c(F)c(-c2cccnc2)c(F)c1F. The van der Waals surface area contributed by atoms with E-state index in [0.717, 1.165) is 12.3 Å². The molecule has 2 aromatic rings. The standard InChI is InChI=1S/C12H4F4N2/c13-9-7(4-17)10(14)12(16)8(11(9)15)6-2-1-3-18-5-6/h1-3,5H. The van der Waals surface area contributed by atoms with Gasteiger partial charge in [0.1, 0.15) is 11.6 Å². The molecule has 0 N–H and O–H groups in total. The first-order chi connectivity index (χ1) is 8.57. The Hall–Kier alpha value is -2.42. The van der Waals surface area contributed by atoms with E-state index in [-0.39, 0.29) is 5.56 Å². The number of aromatic nitrogens is 1. The molecule has 18 heavy (non-hydrogen) atoms. The monoisotopic (exact) mass is 252 g/mol. The van der Waals surface area contributed by atoms with Crippen LogP contribution < -0.4 is 0 Å². The van der Waals surface area contributed by atoms with Crippen molar-refractivity contribution < 1.29 is 17.6 Å². The van der Waals surface area contributed by atoms with E-state index in [4.69, 9.17) is 5.26 Å². The average Bonchev–Trinajstić information content (AvgIpc) is 2.39. The molecule has 0 saturated heterocycles. The highest BCUT2D eigenvalue weighted by atomic mass is 19.2. The third kappa shape index (κ3) is 1.70. The Balaban J connectivity index is 2.83. The third-order valence-electron chi connectivity index (χ3n) is 2.33. The van der Waals surface area contributed by atoms with E-state index < -0.39 is 34.4 Å². The minimum absolute atomic E-state index is 0.116. The highest BCUT2D eigenvalue weighted by Gasteiger charge is 2.26. The van der Waals surface area contributed by atoms with Gasteiger partial charge in [-0.25, -0.2) is 17.6 Å². The summed E-state index contributed by atoms with van der Waals surface area (Å²) in [6.45, 7) is 0. The molecule has 0 aliphatic rings. The Bertz CT molecular complexity index is 618. The fourth-order valence-electron chi connectivity index (χ4n) is 1.49. The Kier molecular flexibility index (Phi) is 2.98. The first-order valence-electron chi connectivity index (χ1n) is 4.74. The van der Waals surface area contributed by atoms with Gasteiger partial charge in [-0.05, 0) is 6.07 Å². The van der Waals surface area contributed by atoms with Gasteiger partial charge in [-0.1, -0.05) is 6.07 Å². The third-order valence-corrected chi connectivity index (χ3v) is 2.33. The first-order valence-corrected chi connectivity index (χ1v) is 4.74. The van der Waals surface area contributed by atoms with Gasteiger partial charge in [0.25, 0.3) is 0 Å². The molecule has 0 aliphatic heterocycles. The van der Waals surface area contributed by atoms with Crippen LogP contribution in [0.5, 0.6) is 0 Å². The average molecular weight is 252 g/mol. The second-order valence-electron chi connectivity index (χ2n) is 3.36. The van der Waals surface area contributed by atoms with Crippen LogP contribution in [0.25, 0.3) is 11.1 Å². The summed E-state index contributed by atoms with van der Waals surface area (Å²) >= 11 is 0. The molecule has 6 heteroatoms. The van der Waals surface area contributed by atoms with E-state index in [9.17, 15) is 17.6 Å². The molecule has 0 saturated carbocycles. The molecule has 0 bridgehead atoms. The molecule has 1 aromatic carbocycles. The summed E-state index contributed by atoms with van der Waals surface area (Å²) < 4.78 is 54.0. The van der Waals surface area contributed by atoms with Gasteiger partial charge in [0, 0.05) is 18.0 Å². The fraction of sp³-hybridized carbons (Fsp3) is 0. The summed E-state index contributed by atoms with van der Waals surface area (Å²) in [5.74, 6) is -6.65. The second kappa shape index (κ2) is 4.45. The van der Waals surface area contributed by atoms with Gasteiger partial charge in [-0.2, -0.15) is 5.26 Å². The van der Waals surface area contributed by atoms with Crippen molar-refractivity contribution in [2.24, 2.45) is 0 Å². The van der Waals surface area contributed by atoms with Gasteiger partial charge < -0.3 is 0 Å². The molecule has 1 aromatic heterocycles. The number of hydrogen-bond acceptors (Lipinski definition) is 2. The van der Waals surface area contributed by atoms with Crippen LogP contribution >= 0.6 is 0 Å². The highest BCUT2D eigenvalue weighted by Crippen LogP contribution is 2.31. The molecule has 0 aliphatic carbocycles. The van der Waals surface area contributed by atoms with E-state index in [1.165, 1.54) is 18.3 Å². The molecule has 0 radical (unpaired) electrons. The minimum atomic E-state index is -1.71. The first kappa shape index (κ1) is 12.0. The van der Waals surface area contributed by atoms with E-state index in [1.807, 2.05) is 0 Å². The Labute approximate surface area is 99.1 Å². The zero-order chi connectivity index (χ0) is 13.3. The fourth-order valence-corrected chi connectivity index (χ4v) is 1.49. The Morgan fingerprint density at radius 1 is 1.00 bits per heavy atom. The number of nitrogens with zero attached hydrogens (tertiary/aromatic N) is 2. The largest absolute Gasteiger partial charge is 0.264 e. The molecule has 90 valence electrons. The molecule has 0 spiro atoms. The molecule has 0 fully saturated rings. The smallest absolute Gasteiger partial charge is 0.180 e. The van der Waals surface area contributed by atoms with Crippen molar-refractivity contribution >= 4 is 0 Å². The second-order valence-corrected chi connectivity index (χ2v) is 3.36. The van der Waals surface area contributed by atoms with Crippen LogP contribution in [0, 0.1) is 34.6 Å². The van der Waals surface area contributed by atoms with Gasteiger partial charge >= 0.3 is 0 Å². The number of pyridine rings is 1. The van der Waals surface area contributed by atoms with Crippen LogP contribution in [0.1, 0.15) is 5.56 Å². The van der Waals surface area contributed by atoms with Gasteiger partial charge in [-0.15, -0.1) is 0 Å². The highest BCUT2D eigenvalue weighted by molar-refractivity contribution is 5.65. The van der Waals surface area contributed by atoms with E-state index in [2.05, 4.69) is 4.98 Å². The van der Waals surface area contributed by atoms with Gasteiger partial charge in [0.15, 0.2) is 23.3 Å². The lowest BCUT2D eigenvalue weighted by Crippen LogP contribution is -2.03. The van der Waals surface area contributed by atoms with Crippen molar-refractivity contribution in [2.45, 2.75) is 0 Å². The topological polar surface area (TPSA) is 36.7 Å². The molecule has 2 nitrogen and oxygen atoms in total. The van der Waals surface area contributed by atoms with Gasteiger partial charge in [0.2, 0.25) is 0 Å². The normalized spacial score (nSPS) is 10.2. The molecule has 0 unspecified atom stereocenters. The number of nitriles is 1. The number of halogens is 4. The van der Waals surface area contributed by atoms with E-state index >= 15 is 0 Å². The summed E-state index contributed by atoms with van der Waals surface area (Å²) in [6.07, 6.45) is 2.40. The van der Waals surface area contributed by atoms with E-state index in [1.54, 1.807) is 0 Å². The molecule has 1 heterocycles. The predicted molar refractivity (Wildman–Crippen MR) is 54.2 cm³/mol. The van der Waals surface area contributed by atoms with Crippen LogP contribution in [0.3, 0.4) is 0 Å². The number of hydrogen-bond donors (Lipinski definition) is 0. The summed E-state index contributed by atoms with van der Waals surface area (Å²) in [7, 11) is 0. The predicted octanol–water partition coefficient (Wildman–Crippen LogP) is 3.18. The van der Waals surface area contributed by atoms with Crippen molar-refractivity contribution in [1.82, 2.24) is 4.98 Å². The maximum Gasteiger partial charge on any atom is 0.180 e. The summed E-state index contributed by atoms with van der Waals surface area (Å²) in [6, 6.07) is 3.69.